The molecule has 1 aliphatic heterocycles. The summed E-state index contributed by atoms with van der Waals surface area (Å²) in [6, 6.07) is 0.967. The standard InChI is InChI=1S/C8H16N4/c9-4-3-6-1-2-7-8(5-6)11-12-10-7/h6-8H,1-5,9H2,(H,10,11). The molecule has 2 aliphatic rings. The van der Waals surface area contributed by atoms with Gasteiger partial charge >= 0.3 is 0 Å². The predicted octanol–water partition coefficient (Wildman–Crippen LogP) is 0.843. The molecule has 4 nitrogen and oxygen atoms in total. The highest BCUT2D eigenvalue weighted by atomic mass is 15.5. The van der Waals surface area contributed by atoms with Gasteiger partial charge in [0, 0.05) is 0 Å². The normalized spacial score (nSPS) is 39.2. The van der Waals surface area contributed by atoms with Crippen molar-refractivity contribution in [2.45, 2.75) is 37.8 Å². The zero-order valence-electron chi connectivity index (χ0n) is 7.24. The lowest BCUT2D eigenvalue weighted by molar-refractivity contribution is 0.275. The summed E-state index contributed by atoms with van der Waals surface area (Å²) in [6.45, 7) is 0.816. The second kappa shape index (κ2) is 3.39. The van der Waals surface area contributed by atoms with Crippen LogP contribution in [0.1, 0.15) is 25.7 Å². The van der Waals surface area contributed by atoms with Crippen LogP contribution in [0.25, 0.3) is 0 Å². The molecule has 0 radical (unpaired) electrons. The molecule has 3 N–H and O–H groups in total. The van der Waals surface area contributed by atoms with Crippen molar-refractivity contribution in [1.29, 1.82) is 0 Å². The van der Waals surface area contributed by atoms with Crippen molar-refractivity contribution in [3.05, 3.63) is 0 Å². The Bertz CT molecular complexity index is 180. The fourth-order valence-electron chi connectivity index (χ4n) is 2.20. The minimum absolute atomic E-state index is 0.457. The van der Waals surface area contributed by atoms with Gasteiger partial charge in [0.2, 0.25) is 0 Å². The number of fused-ring (bicyclic) bond motifs is 1. The maximum atomic E-state index is 5.53. The van der Waals surface area contributed by atoms with Crippen LogP contribution >= 0.6 is 0 Å². The van der Waals surface area contributed by atoms with Gasteiger partial charge in [0.25, 0.3) is 0 Å². The van der Waals surface area contributed by atoms with Crippen LogP contribution in [-0.4, -0.2) is 18.6 Å². The van der Waals surface area contributed by atoms with E-state index >= 15 is 0 Å². The largest absolute Gasteiger partial charge is 0.330 e. The Kier molecular flexibility index (Phi) is 2.26. The maximum absolute atomic E-state index is 5.53. The predicted molar refractivity (Wildman–Crippen MR) is 46.6 cm³/mol. The van der Waals surface area contributed by atoms with Crippen LogP contribution in [0.3, 0.4) is 0 Å². The summed E-state index contributed by atoms with van der Waals surface area (Å²) in [5.74, 6) is 0.798. The summed E-state index contributed by atoms with van der Waals surface area (Å²) in [5.41, 5.74) is 8.59. The summed E-state index contributed by atoms with van der Waals surface area (Å²) < 4.78 is 0. The Morgan fingerprint density at radius 3 is 3.17 bits per heavy atom. The smallest absolute Gasteiger partial charge is 0.0947 e. The first-order chi connectivity index (χ1) is 5.90. The molecule has 0 saturated heterocycles. The van der Waals surface area contributed by atoms with Crippen molar-refractivity contribution in [3.8, 4) is 0 Å². The Morgan fingerprint density at radius 1 is 1.42 bits per heavy atom. The lowest BCUT2D eigenvalue weighted by Crippen LogP contribution is -2.37. The van der Waals surface area contributed by atoms with E-state index in [1.165, 1.54) is 19.3 Å². The summed E-state index contributed by atoms with van der Waals surface area (Å²) in [7, 11) is 0. The Balaban J connectivity index is 1.86. The summed E-state index contributed by atoms with van der Waals surface area (Å²) in [5, 5.41) is 8.00. The molecular weight excluding hydrogens is 152 g/mol. The number of rotatable bonds is 2. The molecule has 1 heterocycles. The van der Waals surface area contributed by atoms with Gasteiger partial charge in [-0.25, -0.2) is 0 Å². The van der Waals surface area contributed by atoms with Crippen LogP contribution in [0.2, 0.25) is 0 Å². The van der Waals surface area contributed by atoms with Crippen LogP contribution in [0.4, 0.5) is 0 Å². The molecule has 0 aromatic rings. The molecule has 0 spiro atoms. The van der Waals surface area contributed by atoms with Crippen molar-refractivity contribution >= 4 is 0 Å². The van der Waals surface area contributed by atoms with Gasteiger partial charge < -0.3 is 5.73 Å². The lowest BCUT2D eigenvalue weighted by atomic mass is 9.81. The van der Waals surface area contributed by atoms with E-state index in [1.54, 1.807) is 0 Å². The maximum Gasteiger partial charge on any atom is 0.0947 e. The molecule has 1 saturated carbocycles. The Labute approximate surface area is 72.6 Å². The average molecular weight is 168 g/mol. The van der Waals surface area contributed by atoms with E-state index in [4.69, 9.17) is 5.73 Å². The summed E-state index contributed by atoms with van der Waals surface area (Å²) >= 11 is 0. The number of nitrogens with zero attached hydrogens (tertiary/aromatic N) is 2. The van der Waals surface area contributed by atoms with Crippen LogP contribution < -0.4 is 11.2 Å². The van der Waals surface area contributed by atoms with Crippen molar-refractivity contribution in [2.75, 3.05) is 6.54 Å². The minimum Gasteiger partial charge on any atom is -0.330 e. The molecule has 1 fully saturated rings. The fraction of sp³-hybridized carbons (Fsp3) is 1.00. The van der Waals surface area contributed by atoms with Gasteiger partial charge in [-0.05, 0) is 38.1 Å². The van der Waals surface area contributed by atoms with Gasteiger partial charge in [0.05, 0.1) is 12.1 Å². The summed E-state index contributed by atoms with van der Waals surface area (Å²) in [4.78, 5) is 0. The Morgan fingerprint density at radius 2 is 2.33 bits per heavy atom. The lowest BCUT2D eigenvalue weighted by Gasteiger charge is -2.28. The van der Waals surface area contributed by atoms with Crippen LogP contribution in [0.15, 0.2) is 10.3 Å². The first-order valence-electron chi connectivity index (χ1n) is 4.75. The zero-order valence-corrected chi connectivity index (χ0v) is 7.24. The number of hydrogen-bond donors (Lipinski definition) is 2. The molecule has 0 aromatic heterocycles. The number of nitrogens with one attached hydrogen (secondary N) is 1. The quantitative estimate of drug-likeness (QED) is 0.642. The van der Waals surface area contributed by atoms with Crippen LogP contribution in [0.5, 0.6) is 0 Å². The topological polar surface area (TPSA) is 62.8 Å². The second-order valence-electron chi connectivity index (χ2n) is 3.77. The van der Waals surface area contributed by atoms with E-state index in [0.29, 0.717) is 12.1 Å². The molecule has 3 atom stereocenters. The Hall–Kier alpha value is -0.640. The van der Waals surface area contributed by atoms with Gasteiger partial charge in [0.1, 0.15) is 0 Å². The molecule has 0 amide bonds. The van der Waals surface area contributed by atoms with Crippen molar-refractivity contribution in [1.82, 2.24) is 5.43 Å². The molecule has 4 heteroatoms. The third-order valence-electron chi connectivity index (χ3n) is 2.93. The third kappa shape index (κ3) is 1.43. The van der Waals surface area contributed by atoms with Crippen molar-refractivity contribution in [2.24, 2.45) is 22.0 Å². The van der Waals surface area contributed by atoms with E-state index in [1.807, 2.05) is 0 Å². The van der Waals surface area contributed by atoms with E-state index in [0.717, 1.165) is 18.9 Å². The van der Waals surface area contributed by atoms with E-state index in [-0.39, 0.29) is 0 Å². The molecule has 2 rings (SSSR count). The molecule has 0 bridgehead atoms. The fourth-order valence-corrected chi connectivity index (χ4v) is 2.20. The highest BCUT2D eigenvalue weighted by molar-refractivity contribution is 4.90. The molecule has 68 valence electrons. The first kappa shape index (κ1) is 7.98. The third-order valence-corrected chi connectivity index (χ3v) is 2.93. The highest BCUT2D eigenvalue weighted by Crippen LogP contribution is 2.30. The molecule has 3 unspecified atom stereocenters. The minimum atomic E-state index is 0.457. The summed E-state index contributed by atoms with van der Waals surface area (Å²) in [6.07, 6.45) is 4.82. The highest BCUT2D eigenvalue weighted by Gasteiger charge is 2.32. The van der Waals surface area contributed by atoms with E-state index in [2.05, 4.69) is 15.8 Å². The van der Waals surface area contributed by atoms with Gasteiger partial charge in [-0.2, -0.15) is 5.11 Å². The average Bonchev–Trinajstić information content (AvgIpc) is 2.51. The van der Waals surface area contributed by atoms with Gasteiger partial charge in [0.15, 0.2) is 0 Å². The van der Waals surface area contributed by atoms with Crippen LogP contribution in [-0.2, 0) is 0 Å². The van der Waals surface area contributed by atoms with Crippen molar-refractivity contribution < 1.29 is 0 Å². The van der Waals surface area contributed by atoms with Crippen LogP contribution in [0, 0.1) is 5.92 Å². The molecule has 0 aromatic carbocycles. The molecule has 12 heavy (non-hydrogen) atoms. The van der Waals surface area contributed by atoms with E-state index in [9.17, 15) is 0 Å². The SMILES string of the molecule is NCCC1CCC2N=NNC2C1. The van der Waals surface area contributed by atoms with Gasteiger partial charge in [-0.3, -0.25) is 5.43 Å². The molecular formula is C8H16N4. The van der Waals surface area contributed by atoms with Gasteiger partial charge in [-0.15, -0.1) is 0 Å². The molecule has 1 aliphatic carbocycles. The number of hydrogen-bond acceptors (Lipinski definition) is 4. The van der Waals surface area contributed by atoms with E-state index < -0.39 is 0 Å². The first-order valence-corrected chi connectivity index (χ1v) is 4.75. The van der Waals surface area contributed by atoms with Gasteiger partial charge in [-0.1, -0.05) is 5.22 Å². The number of nitrogens with two attached hydrogens (primary N) is 1. The second-order valence-corrected chi connectivity index (χ2v) is 3.77. The monoisotopic (exact) mass is 168 g/mol. The zero-order chi connectivity index (χ0) is 8.39. The van der Waals surface area contributed by atoms with Crippen molar-refractivity contribution in [3.63, 3.8) is 0 Å².